The molecule has 0 aliphatic heterocycles. The first-order chi connectivity index (χ1) is 7.54. The summed E-state index contributed by atoms with van der Waals surface area (Å²) in [7, 11) is 3.11. The van der Waals surface area contributed by atoms with Gasteiger partial charge in [-0.25, -0.2) is 0 Å². The third kappa shape index (κ3) is 6.05. The molecule has 0 spiro atoms. The Morgan fingerprint density at radius 3 is 2.25 bits per heavy atom. The molecule has 0 aliphatic rings. The number of rotatable bonds is 8. The average molecular weight is 232 g/mol. The standard InChI is InChI=1S/C11H24N2O3/c1-6-12-8(2)7-10(14)13-9(3)11(15-4)16-5/h8-9,11-12H,6-7H2,1-5H3,(H,13,14). The summed E-state index contributed by atoms with van der Waals surface area (Å²) < 4.78 is 10.1. The van der Waals surface area contributed by atoms with Crippen LogP contribution >= 0.6 is 0 Å². The Kier molecular flexibility index (Phi) is 8.15. The van der Waals surface area contributed by atoms with E-state index in [-0.39, 0.29) is 18.0 Å². The van der Waals surface area contributed by atoms with Crippen LogP contribution in [-0.4, -0.2) is 45.0 Å². The van der Waals surface area contributed by atoms with Gasteiger partial charge >= 0.3 is 0 Å². The maximum Gasteiger partial charge on any atom is 0.221 e. The topological polar surface area (TPSA) is 59.6 Å². The van der Waals surface area contributed by atoms with Crippen molar-refractivity contribution >= 4 is 5.91 Å². The molecule has 0 rings (SSSR count). The highest BCUT2D eigenvalue weighted by Gasteiger charge is 2.18. The zero-order valence-corrected chi connectivity index (χ0v) is 10.9. The number of hydrogen-bond acceptors (Lipinski definition) is 4. The first-order valence-electron chi connectivity index (χ1n) is 5.63. The van der Waals surface area contributed by atoms with Crippen molar-refractivity contribution in [3.8, 4) is 0 Å². The molecule has 0 radical (unpaired) electrons. The number of hydrogen-bond donors (Lipinski definition) is 2. The molecule has 0 bridgehead atoms. The van der Waals surface area contributed by atoms with Crippen LogP contribution in [0.1, 0.15) is 27.2 Å². The van der Waals surface area contributed by atoms with Crippen molar-refractivity contribution in [3.05, 3.63) is 0 Å². The van der Waals surface area contributed by atoms with Crippen molar-refractivity contribution < 1.29 is 14.3 Å². The number of carbonyl (C=O) groups excluding carboxylic acids is 1. The van der Waals surface area contributed by atoms with Crippen molar-refractivity contribution in [1.82, 2.24) is 10.6 Å². The molecule has 0 saturated carbocycles. The van der Waals surface area contributed by atoms with Crippen LogP contribution in [0.15, 0.2) is 0 Å². The predicted octanol–water partition coefficient (Wildman–Crippen LogP) is 0.498. The second kappa shape index (κ2) is 8.50. The smallest absolute Gasteiger partial charge is 0.221 e. The lowest BCUT2D eigenvalue weighted by atomic mass is 10.2. The van der Waals surface area contributed by atoms with Crippen LogP contribution in [0.3, 0.4) is 0 Å². The molecule has 5 heteroatoms. The van der Waals surface area contributed by atoms with Gasteiger partial charge in [-0.1, -0.05) is 6.92 Å². The number of nitrogens with one attached hydrogen (secondary N) is 2. The summed E-state index contributed by atoms with van der Waals surface area (Å²) in [6.45, 7) is 6.72. The van der Waals surface area contributed by atoms with Crippen molar-refractivity contribution in [2.45, 2.75) is 45.6 Å². The molecule has 0 aromatic rings. The molecular formula is C11H24N2O3. The van der Waals surface area contributed by atoms with Gasteiger partial charge in [-0.3, -0.25) is 4.79 Å². The fourth-order valence-corrected chi connectivity index (χ4v) is 1.58. The van der Waals surface area contributed by atoms with E-state index in [9.17, 15) is 4.79 Å². The molecule has 1 amide bonds. The molecule has 2 unspecified atom stereocenters. The maximum atomic E-state index is 11.6. The van der Waals surface area contributed by atoms with E-state index in [0.29, 0.717) is 6.42 Å². The maximum absolute atomic E-state index is 11.6. The summed E-state index contributed by atoms with van der Waals surface area (Å²) in [6, 6.07) is 0.0251. The Morgan fingerprint density at radius 2 is 1.81 bits per heavy atom. The van der Waals surface area contributed by atoms with Gasteiger partial charge in [-0.05, 0) is 20.4 Å². The molecule has 0 aromatic carbocycles. The molecule has 0 heterocycles. The molecule has 0 fully saturated rings. The summed E-state index contributed by atoms with van der Waals surface area (Å²) in [5.74, 6) is 0.0000463. The van der Waals surface area contributed by atoms with Crippen LogP contribution in [-0.2, 0) is 14.3 Å². The van der Waals surface area contributed by atoms with Gasteiger partial charge in [-0.15, -0.1) is 0 Å². The number of methoxy groups -OCH3 is 2. The normalized spacial score (nSPS) is 14.9. The van der Waals surface area contributed by atoms with Gasteiger partial charge in [0.15, 0.2) is 6.29 Å². The molecule has 0 saturated heterocycles. The Balaban J connectivity index is 3.94. The highest BCUT2D eigenvalue weighted by molar-refractivity contribution is 5.76. The zero-order valence-electron chi connectivity index (χ0n) is 10.9. The molecule has 96 valence electrons. The van der Waals surface area contributed by atoms with E-state index in [4.69, 9.17) is 9.47 Å². The zero-order chi connectivity index (χ0) is 12.6. The van der Waals surface area contributed by atoms with Gasteiger partial charge in [0.1, 0.15) is 0 Å². The molecular weight excluding hydrogens is 208 g/mol. The van der Waals surface area contributed by atoms with Crippen LogP contribution in [0.4, 0.5) is 0 Å². The first-order valence-corrected chi connectivity index (χ1v) is 5.63. The predicted molar refractivity (Wildman–Crippen MR) is 63.2 cm³/mol. The van der Waals surface area contributed by atoms with Gasteiger partial charge < -0.3 is 20.1 Å². The van der Waals surface area contributed by atoms with Crippen LogP contribution in [0.2, 0.25) is 0 Å². The number of carbonyl (C=O) groups is 1. The number of ether oxygens (including phenoxy) is 2. The second-order valence-electron chi connectivity index (χ2n) is 3.86. The summed E-state index contributed by atoms with van der Waals surface area (Å²) in [5.41, 5.74) is 0. The van der Waals surface area contributed by atoms with E-state index < -0.39 is 6.29 Å². The van der Waals surface area contributed by atoms with Crippen molar-refractivity contribution in [2.24, 2.45) is 0 Å². The molecule has 0 aliphatic carbocycles. The van der Waals surface area contributed by atoms with Gasteiger partial charge in [0.2, 0.25) is 5.91 Å². The fourth-order valence-electron chi connectivity index (χ4n) is 1.58. The van der Waals surface area contributed by atoms with E-state index in [1.54, 1.807) is 14.2 Å². The van der Waals surface area contributed by atoms with E-state index in [0.717, 1.165) is 6.54 Å². The summed E-state index contributed by atoms with van der Waals surface area (Å²) in [6.07, 6.45) is 0.0524. The minimum Gasteiger partial charge on any atom is -0.354 e. The van der Waals surface area contributed by atoms with Crippen LogP contribution in [0.25, 0.3) is 0 Å². The van der Waals surface area contributed by atoms with Crippen LogP contribution in [0.5, 0.6) is 0 Å². The average Bonchev–Trinajstić information content (AvgIpc) is 2.19. The SMILES string of the molecule is CCNC(C)CC(=O)NC(C)C(OC)OC. The number of amides is 1. The quantitative estimate of drug-likeness (QED) is 0.598. The molecule has 16 heavy (non-hydrogen) atoms. The highest BCUT2D eigenvalue weighted by atomic mass is 16.7. The Bertz CT molecular complexity index is 196. The fraction of sp³-hybridized carbons (Fsp3) is 0.909. The lowest BCUT2D eigenvalue weighted by molar-refractivity contribution is -0.136. The molecule has 2 N–H and O–H groups in total. The first kappa shape index (κ1) is 15.3. The van der Waals surface area contributed by atoms with Gasteiger partial charge in [0.05, 0.1) is 6.04 Å². The van der Waals surface area contributed by atoms with E-state index in [1.807, 2.05) is 20.8 Å². The van der Waals surface area contributed by atoms with E-state index in [1.165, 1.54) is 0 Å². The minimum atomic E-state index is -0.404. The Morgan fingerprint density at radius 1 is 1.25 bits per heavy atom. The largest absolute Gasteiger partial charge is 0.354 e. The van der Waals surface area contributed by atoms with Gasteiger partial charge in [0.25, 0.3) is 0 Å². The second-order valence-corrected chi connectivity index (χ2v) is 3.86. The van der Waals surface area contributed by atoms with Crippen molar-refractivity contribution in [1.29, 1.82) is 0 Å². The summed E-state index contributed by atoms with van der Waals surface area (Å²) >= 11 is 0. The van der Waals surface area contributed by atoms with E-state index >= 15 is 0 Å². The third-order valence-corrected chi connectivity index (χ3v) is 2.31. The molecule has 2 atom stereocenters. The minimum absolute atomic E-state index is 0.0000463. The summed E-state index contributed by atoms with van der Waals surface area (Å²) in [5, 5.41) is 6.03. The molecule has 5 nitrogen and oxygen atoms in total. The van der Waals surface area contributed by atoms with Crippen LogP contribution in [0, 0.1) is 0 Å². The lowest BCUT2D eigenvalue weighted by Crippen LogP contribution is -2.44. The Hall–Kier alpha value is -0.650. The lowest BCUT2D eigenvalue weighted by Gasteiger charge is -2.23. The summed E-state index contributed by atoms with van der Waals surface area (Å²) in [4.78, 5) is 11.6. The Labute approximate surface area is 97.9 Å². The monoisotopic (exact) mass is 232 g/mol. The van der Waals surface area contributed by atoms with Crippen molar-refractivity contribution in [2.75, 3.05) is 20.8 Å². The van der Waals surface area contributed by atoms with Crippen molar-refractivity contribution in [3.63, 3.8) is 0 Å². The van der Waals surface area contributed by atoms with Gasteiger partial charge in [0, 0.05) is 26.7 Å². The van der Waals surface area contributed by atoms with Crippen LogP contribution < -0.4 is 10.6 Å². The molecule has 0 aromatic heterocycles. The van der Waals surface area contributed by atoms with Gasteiger partial charge in [-0.2, -0.15) is 0 Å². The van der Waals surface area contributed by atoms with E-state index in [2.05, 4.69) is 10.6 Å². The highest BCUT2D eigenvalue weighted by Crippen LogP contribution is 2.00. The third-order valence-electron chi connectivity index (χ3n) is 2.31.